The van der Waals surface area contributed by atoms with Gasteiger partial charge in [0.2, 0.25) is 0 Å². The van der Waals surface area contributed by atoms with Crippen LogP contribution >= 0.6 is 0 Å². The predicted octanol–water partition coefficient (Wildman–Crippen LogP) is 0.809. The third kappa shape index (κ3) is 2.56. The van der Waals surface area contributed by atoms with Crippen LogP contribution in [0.2, 0.25) is 0 Å². The molecule has 1 heterocycles. The summed E-state index contributed by atoms with van der Waals surface area (Å²) in [6, 6.07) is 4.92. The molecule has 1 aliphatic rings. The summed E-state index contributed by atoms with van der Waals surface area (Å²) in [5.41, 5.74) is 0.907. The fourth-order valence-electron chi connectivity index (χ4n) is 1.99. The van der Waals surface area contributed by atoms with E-state index in [0.29, 0.717) is 0 Å². The second-order valence-electron chi connectivity index (χ2n) is 4.14. The van der Waals surface area contributed by atoms with E-state index in [4.69, 9.17) is 12.7 Å². The number of nitrogens with zero attached hydrogens (tertiary/aromatic N) is 3. The number of rotatable bonds is 3. The second-order valence-corrected chi connectivity index (χ2v) is 4.14. The van der Waals surface area contributed by atoms with E-state index < -0.39 is 4.92 Å². The molecule has 0 N–H and O–H groups in total. The van der Waals surface area contributed by atoms with Crippen molar-refractivity contribution in [1.29, 1.82) is 0 Å². The van der Waals surface area contributed by atoms with Crippen molar-refractivity contribution in [1.82, 2.24) is 4.81 Å². The molecule has 0 spiro atoms. The van der Waals surface area contributed by atoms with Crippen LogP contribution in [0.25, 0.3) is 0 Å². The molecule has 0 aromatic heterocycles. The Hall–Kier alpha value is -1.76. The topological polar surface area (TPSA) is 58.9 Å². The summed E-state index contributed by atoms with van der Waals surface area (Å²) in [4.78, 5) is 14.3. The van der Waals surface area contributed by atoms with Crippen molar-refractivity contribution in [2.75, 3.05) is 38.2 Å². The average Bonchev–Trinajstić information content (AvgIpc) is 2.38. The first-order valence-electron chi connectivity index (χ1n) is 5.69. The summed E-state index contributed by atoms with van der Waals surface area (Å²) < 4.78 is 5.06. The van der Waals surface area contributed by atoms with Gasteiger partial charge in [0.15, 0.2) is 13.7 Å². The van der Waals surface area contributed by atoms with Crippen LogP contribution in [0.5, 0.6) is 5.75 Å². The smallest absolute Gasteiger partial charge is 0.311 e. The van der Waals surface area contributed by atoms with Gasteiger partial charge in [-0.15, -0.1) is 0 Å². The van der Waals surface area contributed by atoms with Gasteiger partial charge in [0.1, 0.15) is 0 Å². The molecule has 0 bridgehead atoms. The minimum atomic E-state index is -0.444. The minimum Gasteiger partial charge on any atom is -0.490 e. The summed E-state index contributed by atoms with van der Waals surface area (Å²) in [5.74, 6) is 0.285. The lowest BCUT2D eigenvalue weighted by Crippen LogP contribution is -2.45. The number of nitro benzene ring substituents is 1. The summed E-state index contributed by atoms with van der Waals surface area (Å²) in [6.45, 7) is 3.16. The first kappa shape index (κ1) is 12.7. The lowest BCUT2D eigenvalue weighted by Gasteiger charge is -2.34. The van der Waals surface area contributed by atoms with Crippen LogP contribution in [0, 0.1) is 10.1 Å². The zero-order valence-corrected chi connectivity index (χ0v) is 10.2. The highest BCUT2D eigenvalue weighted by Gasteiger charge is 2.19. The van der Waals surface area contributed by atoms with Gasteiger partial charge in [-0.1, -0.05) is 0 Å². The first-order chi connectivity index (χ1) is 8.61. The monoisotopic (exact) mass is 247 g/mol. The van der Waals surface area contributed by atoms with E-state index in [1.54, 1.807) is 16.9 Å². The molecular weight excluding hydrogens is 233 g/mol. The van der Waals surface area contributed by atoms with Gasteiger partial charge in [-0.05, 0) is 6.07 Å². The van der Waals surface area contributed by atoms with Gasteiger partial charge in [0.25, 0.3) is 0 Å². The van der Waals surface area contributed by atoms with Crippen LogP contribution < -0.4 is 9.64 Å². The molecule has 1 aromatic carbocycles. The SMILES string of the molecule is [B]N1CCN(c2ccc([N+](=O)[O-])c(OC)c2)CC1. The molecule has 1 aliphatic heterocycles. The molecule has 18 heavy (non-hydrogen) atoms. The van der Waals surface area contributed by atoms with E-state index >= 15 is 0 Å². The predicted molar refractivity (Wildman–Crippen MR) is 69.2 cm³/mol. The highest BCUT2D eigenvalue weighted by atomic mass is 16.6. The Kier molecular flexibility index (Phi) is 3.71. The lowest BCUT2D eigenvalue weighted by atomic mass is 10.2. The Labute approximate surface area is 107 Å². The summed E-state index contributed by atoms with van der Waals surface area (Å²) >= 11 is 0. The molecule has 0 amide bonds. The number of ether oxygens (including phenoxy) is 1. The Morgan fingerprint density at radius 3 is 2.56 bits per heavy atom. The van der Waals surface area contributed by atoms with Gasteiger partial charge in [-0.3, -0.25) is 10.1 Å². The Morgan fingerprint density at radius 2 is 2.00 bits per heavy atom. The number of methoxy groups -OCH3 is 1. The maximum absolute atomic E-state index is 10.8. The van der Waals surface area contributed by atoms with Crippen LogP contribution in [0.3, 0.4) is 0 Å². The van der Waals surface area contributed by atoms with Gasteiger partial charge in [0.05, 0.1) is 12.0 Å². The van der Waals surface area contributed by atoms with E-state index in [9.17, 15) is 10.1 Å². The molecular formula is C11H14BN3O3. The van der Waals surface area contributed by atoms with Crippen molar-refractivity contribution < 1.29 is 9.66 Å². The standard InChI is InChI=1S/C11H14BN3O3/c1-18-11-8-9(2-3-10(11)15(16)17)13-4-6-14(12)7-5-13/h2-3,8H,4-7H2,1H3. The van der Waals surface area contributed by atoms with Crippen molar-refractivity contribution in [2.45, 2.75) is 0 Å². The Morgan fingerprint density at radius 1 is 1.33 bits per heavy atom. The Balaban J connectivity index is 2.22. The van der Waals surface area contributed by atoms with Crippen LogP contribution in [-0.2, 0) is 0 Å². The number of hydrogen-bond donors (Lipinski definition) is 0. The van der Waals surface area contributed by atoms with E-state index in [0.717, 1.165) is 31.9 Å². The van der Waals surface area contributed by atoms with Gasteiger partial charge in [-0.25, -0.2) is 0 Å². The van der Waals surface area contributed by atoms with Crippen LogP contribution in [-0.4, -0.2) is 51.0 Å². The van der Waals surface area contributed by atoms with Gasteiger partial charge in [-0.2, -0.15) is 0 Å². The maximum Gasteiger partial charge on any atom is 0.311 e. The van der Waals surface area contributed by atoms with E-state index in [2.05, 4.69) is 4.90 Å². The molecule has 1 saturated heterocycles. The zero-order valence-electron chi connectivity index (χ0n) is 10.2. The molecule has 7 heteroatoms. The molecule has 94 valence electrons. The van der Waals surface area contributed by atoms with Crippen LogP contribution in [0.4, 0.5) is 11.4 Å². The lowest BCUT2D eigenvalue weighted by molar-refractivity contribution is -0.385. The van der Waals surface area contributed by atoms with E-state index in [1.807, 2.05) is 0 Å². The number of piperazine rings is 1. The summed E-state index contributed by atoms with van der Waals surface area (Å²) in [7, 11) is 7.12. The molecule has 1 fully saturated rings. The molecule has 1 aromatic rings. The quantitative estimate of drug-likeness (QED) is 0.449. The molecule has 6 nitrogen and oxygen atoms in total. The van der Waals surface area contributed by atoms with E-state index in [1.165, 1.54) is 13.2 Å². The van der Waals surface area contributed by atoms with Gasteiger partial charge in [0, 0.05) is 44.0 Å². The largest absolute Gasteiger partial charge is 0.490 e. The molecule has 2 rings (SSSR count). The van der Waals surface area contributed by atoms with Gasteiger partial charge >= 0.3 is 5.69 Å². The highest BCUT2D eigenvalue weighted by molar-refractivity contribution is 6.04. The van der Waals surface area contributed by atoms with E-state index in [-0.39, 0.29) is 11.4 Å². The average molecular weight is 247 g/mol. The number of anilines is 1. The molecule has 0 aliphatic carbocycles. The Bertz CT molecular complexity index is 447. The summed E-state index contributed by atoms with van der Waals surface area (Å²) in [6.07, 6.45) is 0. The van der Waals surface area contributed by atoms with Crippen molar-refractivity contribution in [3.8, 4) is 5.75 Å². The van der Waals surface area contributed by atoms with Gasteiger partial charge < -0.3 is 14.4 Å². The fraction of sp³-hybridized carbons (Fsp3) is 0.455. The first-order valence-corrected chi connectivity index (χ1v) is 5.69. The molecule has 0 unspecified atom stereocenters. The maximum atomic E-state index is 10.8. The van der Waals surface area contributed by atoms with Crippen LogP contribution in [0.15, 0.2) is 18.2 Å². The summed E-state index contributed by atoms with van der Waals surface area (Å²) in [5, 5.41) is 10.8. The van der Waals surface area contributed by atoms with Crippen molar-refractivity contribution in [3.05, 3.63) is 28.3 Å². The third-order valence-electron chi connectivity index (χ3n) is 3.04. The zero-order chi connectivity index (χ0) is 13.1. The highest BCUT2D eigenvalue weighted by Crippen LogP contribution is 2.31. The fourth-order valence-corrected chi connectivity index (χ4v) is 1.99. The van der Waals surface area contributed by atoms with Crippen LogP contribution in [0.1, 0.15) is 0 Å². The van der Waals surface area contributed by atoms with Crippen molar-refractivity contribution in [2.24, 2.45) is 0 Å². The molecule has 2 radical (unpaired) electrons. The van der Waals surface area contributed by atoms with Crippen molar-refractivity contribution >= 4 is 19.4 Å². The molecule has 0 atom stereocenters. The second kappa shape index (κ2) is 5.26. The number of nitro groups is 1. The third-order valence-corrected chi connectivity index (χ3v) is 3.04. The number of hydrogen-bond acceptors (Lipinski definition) is 5. The minimum absolute atomic E-state index is 0.0151. The molecule has 0 saturated carbocycles. The number of benzene rings is 1. The normalized spacial score (nSPS) is 16.6. The van der Waals surface area contributed by atoms with Crippen molar-refractivity contribution in [3.63, 3.8) is 0 Å².